The highest BCUT2D eigenvalue weighted by molar-refractivity contribution is 6.64. The average molecular weight is 458 g/mol. The Balaban J connectivity index is 2.08. The van der Waals surface area contributed by atoms with Crippen molar-refractivity contribution in [1.82, 2.24) is 16.2 Å². The van der Waals surface area contributed by atoms with Crippen molar-refractivity contribution < 1.29 is 22.6 Å². The normalized spacial score (nSPS) is 22.3. The molecule has 0 saturated heterocycles. The van der Waals surface area contributed by atoms with Crippen LogP contribution in [0.15, 0.2) is 52.4 Å². The minimum Gasteiger partial charge on any atom is -0.482 e. The zero-order chi connectivity index (χ0) is 22.8. The van der Waals surface area contributed by atoms with Gasteiger partial charge in [0.1, 0.15) is 11.9 Å². The molecule has 2 aliphatic rings. The van der Waals surface area contributed by atoms with Crippen molar-refractivity contribution in [1.29, 1.82) is 0 Å². The Labute approximate surface area is 182 Å². The second-order valence-electron chi connectivity index (χ2n) is 7.09. The predicted octanol–water partition coefficient (Wildman–Crippen LogP) is 3.21. The lowest BCUT2D eigenvalue weighted by Crippen LogP contribution is -2.48. The van der Waals surface area contributed by atoms with Crippen molar-refractivity contribution >= 4 is 22.5 Å². The molecule has 2 atom stereocenters. The molecule has 2 heterocycles. The third-order valence-electron chi connectivity index (χ3n) is 4.63. The van der Waals surface area contributed by atoms with E-state index in [-0.39, 0.29) is 11.0 Å². The van der Waals surface area contributed by atoms with Gasteiger partial charge in [-0.15, -0.1) is 0 Å². The Morgan fingerprint density at radius 3 is 2.68 bits per heavy atom. The molecule has 7 nitrogen and oxygen atoms in total. The number of nitrogens with one attached hydrogen (secondary N) is 3. The van der Waals surface area contributed by atoms with Crippen LogP contribution in [0.5, 0.6) is 5.75 Å². The minimum absolute atomic E-state index is 0.00128. The molecular weight excluding hydrogens is 435 g/mol. The molecule has 1 aromatic carbocycles. The molecule has 0 aliphatic carbocycles. The Bertz CT molecular complexity index is 972. The maximum Gasteiger partial charge on any atom is 0.416 e. The second kappa shape index (κ2) is 9.21. The molecule has 0 amide bonds. The van der Waals surface area contributed by atoms with E-state index in [4.69, 9.17) is 26.8 Å². The molecule has 168 valence electrons. The minimum atomic E-state index is -4.54. The van der Waals surface area contributed by atoms with Gasteiger partial charge in [0.25, 0.3) is 0 Å². The van der Waals surface area contributed by atoms with E-state index in [0.717, 1.165) is 17.7 Å². The van der Waals surface area contributed by atoms with Crippen LogP contribution in [0.3, 0.4) is 0 Å². The van der Waals surface area contributed by atoms with Crippen LogP contribution in [0.25, 0.3) is 5.57 Å². The van der Waals surface area contributed by atoms with Crippen LogP contribution < -0.4 is 26.6 Å². The summed E-state index contributed by atoms with van der Waals surface area (Å²) in [4.78, 5) is 3.96. The number of ether oxygens (including phenoxy) is 2. The van der Waals surface area contributed by atoms with Crippen LogP contribution in [0, 0.1) is 0 Å². The SMILES string of the molecule is COC1=C(c2ccc(C(F)(F)F)cc2OC2NNC(Cl)=NC(N)C=C2C)C=C(C)CN1. The number of nitrogens with two attached hydrogens (primary N) is 1. The number of halogens is 4. The number of amidine groups is 1. The largest absolute Gasteiger partial charge is 0.482 e. The zero-order valence-corrected chi connectivity index (χ0v) is 17.9. The zero-order valence-electron chi connectivity index (χ0n) is 17.1. The highest BCUT2D eigenvalue weighted by Crippen LogP contribution is 2.38. The smallest absolute Gasteiger partial charge is 0.416 e. The van der Waals surface area contributed by atoms with Crippen LogP contribution in [0.1, 0.15) is 25.0 Å². The molecule has 0 spiro atoms. The van der Waals surface area contributed by atoms with Gasteiger partial charge in [0.15, 0.2) is 12.1 Å². The first-order valence-corrected chi connectivity index (χ1v) is 9.72. The van der Waals surface area contributed by atoms with Crippen molar-refractivity contribution in [2.24, 2.45) is 10.7 Å². The van der Waals surface area contributed by atoms with E-state index < -0.39 is 24.1 Å². The Hall–Kier alpha value is -2.69. The van der Waals surface area contributed by atoms with E-state index in [9.17, 15) is 13.2 Å². The number of hydrogen-bond donors (Lipinski definition) is 4. The van der Waals surface area contributed by atoms with Crippen LogP contribution >= 0.6 is 11.6 Å². The quantitative estimate of drug-likeness (QED) is 0.410. The molecule has 0 fully saturated rings. The number of nitrogens with zero attached hydrogens (tertiary/aromatic N) is 1. The van der Waals surface area contributed by atoms with Gasteiger partial charge < -0.3 is 20.5 Å². The number of methoxy groups -OCH3 is 1. The van der Waals surface area contributed by atoms with E-state index in [1.165, 1.54) is 13.2 Å². The summed E-state index contributed by atoms with van der Waals surface area (Å²) in [5.74, 6) is 0.435. The van der Waals surface area contributed by atoms with Crippen LogP contribution in [-0.4, -0.2) is 31.3 Å². The van der Waals surface area contributed by atoms with Crippen molar-refractivity contribution in [3.63, 3.8) is 0 Å². The van der Waals surface area contributed by atoms with Gasteiger partial charge >= 0.3 is 6.18 Å². The van der Waals surface area contributed by atoms with Crippen molar-refractivity contribution in [3.05, 3.63) is 58.5 Å². The fraction of sp³-hybridized carbons (Fsp3) is 0.350. The number of dihydropyridines is 1. The van der Waals surface area contributed by atoms with Crippen molar-refractivity contribution in [3.8, 4) is 5.75 Å². The molecule has 0 saturated carbocycles. The summed E-state index contributed by atoms with van der Waals surface area (Å²) >= 11 is 5.92. The first kappa shape index (κ1) is 23.0. The van der Waals surface area contributed by atoms with E-state index in [0.29, 0.717) is 29.1 Å². The first-order chi connectivity index (χ1) is 14.6. The third-order valence-corrected chi connectivity index (χ3v) is 4.82. The lowest BCUT2D eigenvalue weighted by atomic mass is 9.98. The molecule has 0 radical (unpaired) electrons. The van der Waals surface area contributed by atoms with Crippen LogP contribution in [0.2, 0.25) is 0 Å². The van der Waals surface area contributed by atoms with Gasteiger partial charge in [-0.05, 0) is 61.4 Å². The fourth-order valence-electron chi connectivity index (χ4n) is 3.12. The van der Waals surface area contributed by atoms with Gasteiger partial charge in [-0.1, -0.05) is 5.57 Å². The molecule has 1 aromatic rings. The van der Waals surface area contributed by atoms with Crippen molar-refractivity contribution in [2.45, 2.75) is 32.4 Å². The van der Waals surface area contributed by atoms with Gasteiger partial charge in [0.05, 0.1) is 12.7 Å². The molecule has 2 unspecified atom stereocenters. The third kappa shape index (κ3) is 5.52. The van der Waals surface area contributed by atoms with E-state index in [1.54, 1.807) is 13.0 Å². The summed E-state index contributed by atoms with van der Waals surface area (Å²) in [6, 6.07) is 3.32. The maximum absolute atomic E-state index is 13.4. The number of rotatable bonds is 4. The lowest BCUT2D eigenvalue weighted by molar-refractivity contribution is -0.137. The number of alkyl halides is 3. The van der Waals surface area contributed by atoms with Crippen LogP contribution in [0.4, 0.5) is 13.2 Å². The second-order valence-corrected chi connectivity index (χ2v) is 7.45. The summed E-state index contributed by atoms with van der Waals surface area (Å²) in [7, 11) is 1.48. The average Bonchev–Trinajstić information content (AvgIpc) is 2.69. The molecule has 0 aromatic heterocycles. The summed E-state index contributed by atoms with van der Waals surface area (Å²) in [6.07, 6.45) is -2.70. The fourth-order valence-corrected chi connectivity index (χ4v) is 3.29. The predicted molar refractivity (Wildman–Crippen MR) is 113 cm³/mol. The van der Waals surface area contributed by atoms with Gasteiger partial charge in [0, 0.05) is 17.7 Å². The monoisotopic (exact) mass is 457 g/mol. The molecule has 3 rings (SSSR count). The Kier molecular flexibility index (Phi) is 6.83. The first-order valence-electron chi connectivity index (χ1n) is 9.35. The number of hydrogen-bond acceptors (Lipinski definition) is 7. The summed E-state index contributed by atoms with van der Waals surface area (Å²) in [5.41, 5.74) is 13.0. The molecule has 0 bridgehead atoms. The standard InChI is InChI=1S/C20H23ClF3N5O2/c1-10-6-14(18(30-3)26-9-10)13-5-4-12(20(22,23)24)8-15(13)31-17-11(2)7-16(25)27-19(21)29-28-17/h4-8,16-17,26,28H,9,25H2,1-3H3,(H,27,29). The van der Waals surface area contributed by atoms with Gasteiger partial charge in [0.2, 0.25) is 5.29 Å². The highest BCUT2D eigenvalue weighted by atomic mass is 35.5. The van der Waals surface area contributed by atoms with E-state index in [2.05, 4.69) is 21.2 Å². The Morgan fingerprint density at radius 2 is 2.00 bits per heavy atom. The van der Waals surface area contributed by atoms with Crippen LogP contribution in [-0.2, 0) is 10.9 Å². The van der Waals surface area contributed by atoms with E-state index >= 15 is 0 Å². The number of allylic oxidation sites excluding steroid dienone is 2. The number of aliphatic imine (C=N–C) groups is 1. The number of benzene rings is 1. The van der Waals surface area contributed by atoms with Gasteiger partial charge in [-0.3, -0.25) is 5.43 Å². The summed E-state index contributed by atoms with van der Waals surface area (Å²) in [6.45, 7) is 4.18. The molecule has 5 N–H and O–H groups in total. The molecule has 2 aliphatic heterocycles. The summed E-state index contributed by atoms with van der Waals surface area (Å²) < 4.78 is 51.6. The maximum atomic E-state index is 13.4. The molecule has 11 heteroatoms. The molecular formula is C20H23ClF3N5O2. The summed E-state index contributed by atoms with van der Waals surface area (Å²) in [5, 5.41) is 3.10. The Morgan fingerprint density at radius 1 is 1.26 bits per heavy atom. The van der Waals surface area contributed by atoms with Crippen molar-refractivity contribution in [2.75, 3.05) is 13.7 Å². The molecule has 31 heavy (non-hydrogen) atoms. The topological polar surface area (TPSA) is 92.9 Å². The van der Waals surface area contributed by atoms with E-state index in [1.807, 2.05) is 13.0 Å². The lowest BCUT2D eigenvalue weighted by Gasteiger charge is -2.27. The van der Waals surface area contributed by atoms with Gasteiger partial charge in [-0.25, -0.2) is 4.99 Å². The highest BCUT2D eigenvalue weighted by Gasteiger charge is 2.32. The number of hydrazine groups is 1. The van der Waals surface area contributed by atoms with Gasteiger partial charge in [-0.2, -0.15) is 18.6 Å².